The van der Waals surface area contributed by atoms with Crippen LogP contribution in [0.2, 0.25) is 0 Å². The van der Waals surface area contributed by atoms with E-state index in [1.807, 2.05) is 0 Å². The van der Waals surface area contributed by atoms with E-state index in [9.17, 15) is 9.90 Å². The number of carbonyl (C=O) groups is 1. The number of aliphatic hydroxyl groups is 1. The Labute approximate surface area is 104 Å². The van der Waals surface area contributed by atoms with E-state index in [2.05, 4.69) is 5.16 Å². The minimum atomic E-state index is -1.16. The van der Waals surface area contributed by atoms with Gasteiger partial charge in [0.2, 0.25) is 5.76 Å². The molecule has 94 valence electrons. The highest BCUT2D eigenvalue weighted by Gasteiger charge is 2.18. The van der Waals surface area contributed by atoms with Crippen molar-refractivity contribution in [3.63, 3.8) is 0 Å². The average Bonchev–Trinajstić information content (AvgIpc) is 2.77. The van der Waals surface area contributed by atoms with Crippen LogP contribution in [0.1, 0.15) is 30.0 Å². The summed E-state index contributed by atoms with van der Waals surface area (Å²) >= 11 is 0. The minimum absolute atomic E-state index is 0.210. The van der Waals surface area contributed by atoms with Crippen LogP contribution < -0.4 is 0 Å². The van der Waals surface area contributed by atoms with Crippen molar-refractivity contribution in [2.75, 3.05) is 0 Å². The predicted octanol–water partition coefficient (Wildman–Crippen LogP) is 2.27. The highest BCUT2D eigenvalue weighted by Crippen LogP contribution is 2.25. The maximum Gasteiger partial charge on any atom is 0.374 e. The lowest BCUT2D eigenvalue weighted by Gasteiger charge is -2.18. The van der Waals surface area contributed by atoms with E-state index >= 15 is 0 Å². The molecule has 0 fully saturated rings. The van der Waals surface area contributed by atoms with E-state index < -0.39 is 11.6 Å². The molecule has 1 aromatic carbocycles. The largest absolute Gasteiger partial charge is 0.475 e. The third-order valence-electron chi connectivity index (χ3n) is 2.59. The third kappa shape index (κ3) is 2.41. The van der Waals surface area contributed by atoms with Crippen LogP contribution in [0.5, 0.6) is 0 Å². The van der Waals surface area contributed by atoms with Crippen molar-refractivity contribution in [1.29, 1.82) is 0 Å². The van der Waals surface area contributed by atoms with Crippen molar-refractivity contribution < 1.29 is 19.5 Å². The third-order valence-corrected chi connectivity index (χ3v) is 2.59. The molecule has 2 aromatic rings. The zero-order chi connectivity index (χ0) is 13.3. The van der Waals surface area contributed by atoms with Gasteiger partial charge in [-0.1, -0.05) is 23.4 Å². The second kappa shape index (κ2) is 4.27. The van der Waals surface area contributed by atoms with Gasteiger partial charge in [-0.2, -0.15) is 0 Å². The number of aromatic carboxylic acids is 1. The average molecular weight is 247 g/mol. The van der Waals surface area contributed by atoms with Crippen molar-refractivity contribution >= 4 is 5.97 Å². The first kappa shape index (κ1) is 12.3. The van der Waals surface area contributed by atoms with E-state index in [0.29, 0.717) is 11.3 Å². The van der Waals surface area contributed by atoms with Crippen molar-refractivity contribution in [2.24, 2.45) is 0 Å². The predicted molar refractivity (Wildman–Crippen MR) is 64.1 cm³/mol. The van der Waals surface area contributed by atoms with Gasteiger partial charge in [-0.05, 0) is 25.5 Å². The van der Waals surface area contributed by atoms with Gasteiger partial charge in [0.05, 0.1) is 5.60 Å². The lowest BCUT2D eigenvalue weighted by molar-refractivity contribution is 0.0652. The molecule has 0 aliphatic rings. The summed E-state index contributed by atoms with van der Waals surface area (Å²) in [4.78, 5) is 10.7. The number of carboxylic acid groups (broad SMARTS) is 1. The Bertz CT molecular complexity index is 581. The molecule has 0 bridgehead atoms. The number of hydrogen-bond donors (Lipinski definition) is 2. The molecule has 0 unspecified atom stereocenters. The Hall–Kier alpha value is -2.14. The maximum absolute atomic E-state index is 10.7. The maximum atomic E-state index is 10.7. The van der Waals surface area contributed by atoms with E-state index in [1.54, 1.807) is 38.1 Å². The first-order chi connectivity index (χ1) is 8.38. The van der Waals surface area contributed by atoms with E-state index in [-0.39, 0.29) is 5.76 Å². The Balaban J connectivity index is 2.41. The molecule has 18 heavy (non-hydrogen) atoms. The van der Waals surface area contributed by atoms with Crippen LogP contribution >= 0.6 is 0 Å². The first-order valence-electron chi connectivity index (χ1n) is 5.41. The Morgan fingerprint density at radius 3 is 2.61 bits per heavy atom. The van der Waals surface area contributed by atoms with Gasteiger partial charge in [-0.15, -0.1) is 0 Å². The summed E-state index contributed by atoms with van der Waals surface area (Å²) in [5.41, 5.74) is 0.888. The van der Waals surface area contributed by atoms with Crippen LogP contribution in [-0.4, -0.2) is 21.3 Å². The summed E-state index contributed by atoms with van der Waals surface area (Å²) in [6.07, 6.45) is 0. The number of rotatable bonds is 3. The van der Waals surface area contributed by atoms with Gasteiger partial charge in [-0.25, -0.2) is 4.79 Å². The standard InChI is InChI=1S/C13H13NO4/c1-13(2,17)9-5-3-4-8(6-9)10-7-11(12(15)16)18-14-10/h3-7,17H,1-2H3,(H,15,16). The minimum Gasteiger partial charge on any atom is -0.475 e. The van der Waals surface area contributed by atoms with Crippen molar-refractivity contribution in [3.05, 3.63) is 41.7 Å². The lowest BCUT2D eigenvalue weighted by Crippen LogP contribution is -2.15. The molecule has 2 N–H and O–H groups in total. The van der Waals surface area contributed by atoms with Crippen LogP contribution in [0, 0.1) is 0 Å². The van der Waals surface area contributed by atoms with Gasteiger partial charge < -0.3 is 14.7 Å². The summed E-state index contributed by atoms with van der Waals surface area (Å²) in [7, 11) is 0. The number of nitrogens with zero attached hydrogens (tertiary/aromatic N) is 1. The molecule has 0 atom stereocenters. The number of carboxylic acids is 1. The smallest absolute Gasteiger partial charge is 0.374 e. The Morgan fingerprint density at radius 1 is 1.33 bits per heavy atom. The lowest BCUT2D eigenvalue weighted by atomic mass is 9.96. The first-order valence-corrected chi connectivity index (χ1v) is 5.41. The van der Waals surface area contributed by atoms with E-state index in [1.165, 1.54) is 6.07 Å². The summed E-state index contributed by atoms with van der Waals surface area (Å²) in [6, 6.07) is 8.45. The van der Waals surface area contributed by atoms with Crippen LogP contribution in [0.25, 0.3) is 11.3 Å². The monoisotopic (exact) mass is 247 g/mol. The van der Waals surface area contributed by atoms with Gasteiger partial charge in [0.25, 0.3) is 0 Å². The molecule has 0 saturated heterocycles. The summed E-state index contributed by atoms with van der Waals surface area (Å²) < 4.78 is 4.69. The summed E-state index contributed by atoms with van der Waals surface area (Å²) in [5.74, 6) is -1.37. The van der Waals surface area contributed by atoms with Crippen molar-refractivity contribution in [3.8, 4) is 11.3 Å². The normalized spacial score (nSPS) is 11.5. The highest BCUT2D eigenvalue weighted by molar-refractivity contribution is 5.85. The molecule has 2 rings (SSSR count). The Kier molecular flexibility index (Phi) is 2.92. The van der Waals surface area contributed by atoms with Gasteiger partial charge in [0, 0.05) is 11.6 Å². The molecule has 0 aliphatic heterocycles. The second-order valence-corrected chi connectivity index (χ2v) is 4.52. The number of benzene rings is 1. The molecule has 0 spiro atoms. The van der Waals surface area contributed by atoms with Crippen LogP contribution in [0.3, 0.4) is 0 Å². The summed E-state index contributed by atoms with van der Waals surface area (Å²) in [6.45, 7) is 3.36. The number of hydrogen-bond acceptors (Lipinski definition) is 4. The zero-order valence-corrected chi connectivity index (χ0v) is 10.0. The molecular weight excluding hydrogens is 234 g/mol. The van der Waals surface area contributed by atoms with Gasteiger partial charge >= 0.3 is 5.97 Å². The van der Waals surface area contributed by atoms with E-state index in [4.69, 9.17) is 9.63 Å². The molecule has 0 saturated carbocycles. The SMILES string of the molecule is CC(C)(O)c1cccc(-c2cc(C(=O)O)on2)c1. The molecule has 0 radical (unpaired) electrons. The molecule has 1 heterocycles. The van der Waals surface area contributed by atoms with Gasteiger partial charge in [0.1, 0.15) is 5.69 Å². The highest BCUT2D eigenvalue weighted by atomic mass is 16.5. The molecular formula is C13H13NO4. The van der Waals surface area contributed by atoms with E-state index in [0.717, 1.165) is 5.56 Å². The van der Waals surface area contributed by atoms with Gasteiger partial charge in [0.15, 0.2) is 0 Å². The van der Waals surface area contributed by atoms with Crippen molar-refractivity contribution in [2.45, 2.75) is 19.4 Å². The number of aromatic nitrogens is 1. The topological polar surface area (TPSA) is 83.6 Å². The fraction of sp³-hybridized carbons (Fsp3) is 0.231. The molecule has 5 heteroatoms. The van der Waals surface area contributed by atoms with Crippen LogP contribution in [-0.2, 0) is 5.60 Å². The van der Waals surface area contributed by atoms with Crippen LogP contribution in [0.4, 0.5) is 0 Å². The zero-order valence-electron chi connectivity index (χ0n) is 10.0. The molecule has 5 nitrogen and oxygen atoms in total. The van der Waals surface area contributed by atoms with Crippen molar-refractivity contribution in [1.82, 2.24) is 5.16 Å². The fourth-order valence-corrected chi connectivity index (χ4v) is 1.57. The fourth-order valence-electron chi connectivity index (χ4n) is 1.57. The van der Waals surface area contributed by atoms with Gasteiger partial charge in [-0.3, -0.25) is 0 Å². The second-order valence-electron chi connectivity index (χ2n) is 4.52. The Morgan fingerprint density at radius 2 is 2.06 bits per heavy atom. The van der Waals surface area contributed by atoms with Crippen LogP contribution in [0.15, 0.2) is 34.9 Å². The molecule has 1 aromatic heterocycles. The molecule has 0 amide bonds. The summed E-state index contributed by atoms with van der Waals surface area (Å²) in [5, 5.41) is 22.4. The molecule has 0 aliphatic carbocycles. The quantitative estimate of drug-likeness (QED) is 0.869.